The second-order valence-electron chi connectivity index (χ2n) is 3.66. The molecular weight excluding hydrogens is 196 g/mol. The highest BCUT2D eigenvalue weighted by molar-refractivity contribution is 5.80. The van der Waals surface area contributed by atoms with Gasteiger partial charge in [-0.05, 0) is 31.0 Å². The fraction of sp³-hybridized carbons (Fsp3) is 0.364. The summed E-state index contributed by atoms with van der Waals surface area (Å²) in [6.45, 7) is 1.36. The Hall–Kier alpha value is -1.55. The van der Waals surface area contributed by atoms with Crippen LogP contribution in [0.25, 0.3) is 0 Å². The minimum atomic E-state index is -1.11. The molecule has 0 aliphatic carbocycles. The van der Waals surface area contributed by atoms with E-state index in [1.165, 1.54) is 12.1 Å². The fourth-order valence-electron chi connectivity index (χ4n) is 1.43. The summed E-state index contributed by atoms with van der Waals surface area (Å²) in [5.74, 6) is -0.891. The van der Waals surface area contributed by atoms with E-state index in [1.54, 1.807) is 19.1 Å². The zero-order valence-electron chi connectivity index (χ0n) is 8.47. The number of hydrogen-bond donors (Lipinski definition) is 3. The standard InChI is InChI=1S/C11H14O4/c1-11(6-7-12,10(14)15)8-2-4-9(13)5-3-8/h2-5,12-13H,6-7H2,1H3,(H,14,15). The van der Waals surface area contributed by atoms with E-state index in [0.717, 1.165) is 0 Å². The molecule has 0 saturated carbocycles. The number of aromatic hydroxyl groups is 1. The molecule has 1 atom stereocenters. The summed E-state index contributed by atoms with van der Waals surface area (Å²) in [7, 11) is 0. The predicted molar refractivity (Wildman–Crippen MR) is 54.8 cm³/mol. The van der Waals surface area contributed by atoms with Gasteiger partial charge in [0, 0.05) is 6.61 Å². The quantitative estimate of drug-likeness (QED) is 0.695. The first kappa shape index (κ1) is 11.5. The van der Waals surface area contributed by atoms with Crippen molar-refractivity contribution in [2.75, 3.05) is 6.61 Å². The Balaban J connectivity index is 3.09. The SMILES string of the molecule is CC(CCO)(C(=O)O)c1ccc(O)cc1. The van der Waals surface area contributed by atoms with Gasteiger partial charge in [-0.1, -0.05) is 12.1 Å². The van der Waals surface area contributed by atoms with E-state index in [9.17, 15) is 4.79 Å². The molecule has 0 aliphatic rings. The minimum absolute atomic E-state index is 0.0930. The normalized spacial score (nSPS) is 14.5. The van der Waals surface area contributed by atoms with Crippen LogP contribution in [0.15, 0.2) is 24.3 Å². The zero-order valence-corrected chi connectivity index (χ0v) is 8.47. The average molecular weight is 210 g/mol. The molecule has 0 aliphatic heterocycles. The van der Waals surface area contributed by atoms with Crippen LogP contribution in [0.4, 0.5) is 0 Å². The second kappa shape index (κ2) is 4.31. The molecule has 82 valence electrons. The monoisotopic (exact) mass is 210 g/mol. The number of carboxylic acid groups (broad SMARTS) is 1. The van der Waals surface area contributed by atoms with Crippen molar-refractivity contribution in [3.63, 3.8) is 0 Å². The van der Waals surface area contributed by atoms with Gasteiger partial charge in [0.15, 0.2) is 0 Å². The van der Waals surface area contributed by atoms with Gasteiger partial charge in [0.05, 0.1) is 5.41 Å². The number of carbonyl (C=O) groups is 1. The molecular formula is C11H14O4. The predicted octanol–water partition coefficient (Wildman–Crippen LogP) is 1.12. The van der Waals surface area contributed by atoms with Gasteiger partial charge in [0.2, 0.25) is 0 Å². The van der Waals surface area contributed by atoms with Gasteiger partial charge in [0.25, 0.3) is 0 Å². The Bertz CT molecular complexity index is 344. The molecule has 1 unspecified atom stereocenters. The van der Waals surface area contributed by atoms with Crippen LogP contribution in [0, 0.1) is 0 Å². The van der Waals surface area contributed by atoms with Crippen LogP contribution in [0.2, 0.25) is 0 Å². The van der Waals surface area contributed by atoms with E-state index in [0.29, 0.717) is 5.56 Å². The van der Waals surface area contributed by atoms with Gasteiger partial charge < -0.3 is 15.3 Å². The summed E-state index contributed by atoms with van der Waals surface area (Å²) in [5, 5.41) is 27.1. The number of carboxylic acids is 1. The van der Waals surface area contributed by atoms with Gasteiger partial charge >= 0.3 is 5.97 Å². The molecule has 4 nitrogen and oxygen atoms in total. The van der Waals surface area contributed by atoms with Crippen LogP contribution in [0.3, 0.4) is 0 Å². The van der Waals surface area contributed by atoms with Crippen molar-refractivity contribution < 1.29 is 20.1 Å². The second-order valence-corrected chi connectivity index (χ2v) is 3.66. The molecule has 15 heavy (non-hydrogen) atoms. The largest absolute Gasteiger partial charge is 0.508 e. The third-order valence-corrected chi connectivity index (χ3v) is 2.59. The van der Waals surface area contributed by atoms with E-state index in [-0.39, 0.29) is 18.8 Å². The third kappa shape index (κ3) is 2.27. The fourth-order valence-corrected chi connectivity index (χ4v) is 1.43. The summed E-state index contributed by atoms with van der Waals surface area (Å²) < 4.78 is 0. The topological polar surface area (TPSA) is 77.8 Å². The molecule has 0 radical (unpaired) electrons. The van der Waals surface area contributed by atoms with Crippen molar-refractivity contribution in [1.82, 2.24) is 0 Å². The number of rotatable bonds is 4. The molecule has 0 aromatic heterocycles. The third-order valence-electron chi connectivity index (χ3n) is 2.59. The van der Waals surface area contributed by atoms with Crippen molar-refractivity contribution in [3.05, 3.63) is 29.8 Å². The molecule has 0 saturated heterocycles. The van der Waals surface area contributed by atoms with Gasteiger partial charge in [-0.25, -0.2) is 0 Å². The Morgan fingerprint density at radius 3 is 2.27 bits per heavy atom. The summed E-state index contributed by atoms with van der Waals surface area (Å²) in [6, 6.07) is 5.99. The molecule has 0 amide bonds. The van der Waals surface area contributed by atoms with Crippen molar-refractivity contribution in [2.45, 2.75) is 18.8 Å². The molecule has 0 fully saturated rings. The lowest BCUT2D eigenvalue weighted by Gasteiger charge is -2.24. The van der Waals surface area contributed by atoms with Gasteiger partial charge in [-0.2, -0.15) is 0 Å². The zero-order chi connectivity index (χ0) is 11.5. The maximum Gasteiger partial charge on any atom is 0.313 e. The van der Waals surface area contributed by atoms with E-state index < -0.39 is 11.4 Å². The molecule has 1 rings (SSSR count). The van der Waals surface area contributed by atoms with Crippen LogP contribution in [-0.4, -0.2) is 27.9 Å². The number of aliphatic hydroxyl groups excluding tert-OH is 1. The van der Waals surface area contributed by atoms with E-state index in [1.807, 2.05) is 0 Å². The molecule has 1 aromatic carbocycles. The molecule has 3 N–H and O–H groups in total. The highest BCUT2D eigenvalue weighted by Crippen LogP contribution is 2.28. The number of phenolic OH excluding ortho intramolecular Hbond substituents is 1. The highest BCUT2D eigenvalue weighted by atomic mass is 16.4. The first-order valence-corrected chi connectivity index (χ1v) is 4.64. The number of hydrogen-bond acceptors (Lipinski definition) is 3. The van der Waals surface area contributed by atoms with Crippen LogP contribution < -0.4 is 0 Å². The Kier molecular flexibility index (Phi) is 3.31. The summed E-state index contributed by atoms with van der Waals surface area (Å²) in [6.07, 6.45) is 0.146. The average Bonchev–Trinajstić information content (AvgIpc) is 2.18. The maximum atomic E-state index is 11.1. The van der Waals surface area contributed by atoms with Gasteiger partial charge in [-0.3, -0.25) is 4.79 Å². The van der Waals surface area contributed by atoms with Crippen LogP contribution in [-0.2, 0) is 10.2 Å². The van der Waals surface area contributed by atoms with E-state index >= 15 is 0 Å². The van der Waals surface area contributed by atoms with Crippen LogP contribution in [0.5, 0.6) is 5.75 Å². The first-order valence-electron chi connectivity index (χ1n) is 4.64. The minimum Gasteiger partial charge on any atom is -0.508 e. The van der Waals surface area contributed by atoms with Crippen molar-refractivity contribution >= 4 is 5.97 Å². The molecule has 1 aromatic rings. The summed E-state index contributed by atoms with van der Waals surface area (Å²) in [5.41, 5.74) is -0.538. The Morgan fingerprint density at radius 2 is 1.87 bits per heavy atom. The van der Waals surface area contributed by atoms with Gasteiger partial charge in [-0.15, -0.1) is 0 Å². The number of phenols is 1. The Morgan fingerprint density at radius 1 is 1.33 bits per heavy atom. The first-order chi connectivity index (χ1) is 7.00. The van der Waals surface area contributed by atoms with Crippen molar-refractivity contribution in [3.8, 4) is 5.75 Å². The number of aliphatic carboxylic acids is 1. The number of aliphatic hydroxyl groups is 1. The smallest absolute Gasteiger partial charge is 0.313 e. The lowest BCUT2D eigenvalue weighted by Crippen LogP contribution is -2.33. The number of benzene rings is 1. The lowest BCUT2D eigenvalue weighted by molar-refractivity contribution is -0.143. The maximum absolute atomic E-state index is 11.1. The Labute approximate surface area is 87.8 Å². The molecule has 4 heteroatoms. The van der Waals surface area contributed by atoms with E-state index in [2.05, 4.69) is 0 Å². The highest BCUT2D eigenvalue weighted by Gasteiger charge is 2.34. The van der Waals surface area contributed by atoms with Crippen LogP contribution in [0.1, 0.15) is 18.9 Å². The van der Waals surface area contributed by atoms with Crippen LogP contribution >= 0.6 is 0 Å². The summed E-state index contributed by atoms with van der Waals surface area (Å²) >= 11 is 0. The van der Waals surface area contributed by atoms with Crippen molar-refractivity contribution in [2.24, 2.45) is 0 Å². The van der Waals surface area contributed by atoms with Crippen molar-refractivity contribution in [1.29, 1.82) is 0 Å². The molecule has 0 bridgehead atoms. The summed E-state index contributed by atoms with van der Waals surface area (Å²) in [4.78, 5) is 11.1. The van der Waals surface area contributed by atoms with Gasteiger partial charge in [0.1, 0.15) is 5.75 Å². The molecule has 0 spiro atoms. The molecule has 0 heterocycles. The lowest BCUT2D eigenvalue weighted by atomic mass is 9.80. The van der Waals surface area contributed by atoms with E-state index in [4.69, 9.17) is 15.3 Å².